The minimum atomic E-state index is -0.475. The standard InChI is InChI=1S/C19H25NO2/c1-13-9-17(18(21)10-14(13)2)12-20-15(3)11-19(22)16-7-5-4-6-8-16/h4-10,15,19-22H,11-12H2,1-3H3. The summed E-state index contributed by atoms with van der Waals surface area (Å²) in [6.07, 6.45) is 0.160. The predicted octanol–water partition coefficient (Wildman–Crippen LogP) is 3.61. The van der Waals surface area contributed by atoms with Gasteiger partial charge in [0.2, 0.25) is 0 Å². The lowest BCUT2D eigenvalue weighted by Crippen LogP contribution is -2.27. The van der Waals surface area contributed by atoms with E-state index in [4.69, 9.17) is 0 Å². The van der Waals surface area contributed by atoms with E-state index in [1.54, 1.807) is 6.07 Å². The van der Waals surface area contributed by atoms with Crippen LogP contribution >= 0.6 is 0 Å². The van der Waals surface area contributed by atoms with E-state index in [2.05, 4.69) is 5.32 Å². The lowest BCUT2D eigenvalue weighted by molar-refractivity contribution is 0.154. The second kappa shape index (κ2) is 7.43. The van der Waals surface area contributed by atoms with Gasteiger partial charge in [0, 0.05) is 18.2 Å². The molecule has 2 unspecified atom stereocenters. The Hall–Kier alpha value is -1.84. The number of aromatic hydroxyl groups is 1. The van der Waals surface area contributed by atoms with Gasteiger partial charge in [0.05, 0.1) is 6.10 Å². The van der Waals surface area contributed by atoms with Crippen LogP contribution in [0.15, 0.2) is 42.5 Å². The van der Waals surface area contributed by atoms with E-state index in [1.165, 1.54) is 5.56 Å². The number of phenolic OH excluding ortho intramolecular Hbond substituents is 1. The number of nitrogens with one attached hydrogen (secondary N) is 1. The number of hydrogen-bond donors (Lipinski definition) is 3. The zero-order valence-corrected chi connectivity index (χ0v) is 13.5. The molecule has 0 aliphatic carbocycles. The Balaban J connectivity index is 1.90. The molecule has 3 nitrogen and oxygen atoms in total. The maximum atomic E-state index is 10.2. The van der Waals surface area contributed by atoms with Gasteiger partial charge in [-0.2, -0.15) is 0 Å². The highest BCUT2D eigenvalue weighted by Crippen LogP contribution is 2.22. The molecule has 22 heavy (non-hydrogen) atoms. The highest BCUT2D eigenvalue weighted by Gasteiger charge is 2.12. The molecule has 2 rings (SSSR count). The summed E-state index contributed by atoms with van der Waals surface area (Å²) in [5.74, 6) is 0.325. The predicted molar refractivity (Wildman–Crippen MR) is 89.9 cm³/mol. The van der Waals surface area contributed by atoms with Gasteiger partial charge in [0.25, 0.3) is 0 Å². The summed E-state index contributed by atoms with van der Waals surface area (Å²) in [6, 6.07) is 13.7. The molecule has 0 radical (unpaired) electrons. The molecule has 0 spiro atoms. The average molecular weight is 299 g/mol. The lowest BCUT2D eigenvalue weighted by atomic mass is 10.0. The third kappa shape index (κ3) is 4.33. The second-order valence-electron chi connectivity index (χ2n) is 6.01. The average Bonchev–Trinajstić information content (AvgIpc) is 2.50. The first-order valence-corrected chi connectivity index (χ1v) is 7.73. The van der Waals surface area contributed by atoms with E-state index < -0.39 is 6.10 Å². The van der Waals surface area contributed by atoms with Crippen molar-refractivity contribution in [3.05, 3.63) is 64.7 Å². The van der Waals surface area contributed by atoms with Gasteiger partial charge in [0.1, 0.15) is 5.75 Å². The number of phenols is 1. The Bertz CT molecular complexity index is 610. The van der Waals surface area contributed by atoms with Crippen LogP contribution in [0.5, 0.6) is 5.75 Å². The summed E-state index contributed by atoms with van der Waals surface area (Å²) in [5.41, 5.74) is 4.09. The van der Waals surface area contributed by atoms with Crippen LogP contribution in [0.25, 0.3) is 0 Å². The van der Waals surface area contributed by atoms with Gasteiger partial charge in [-0.1, -0.05) is 36.4 Å². The van der Waals surface area contributed by atoms with Crippen LogP contribution in [-0.4, -0.2) is 16.3 Å². The SMILES string of the molecule is Cc1cc(O)c(CNC(C)CC(O)c2ccccc2)cc1C. The summed E-state index contributed by atoms with van der Waals surface area (Å²) < 4.78 is 0. The molecule has 3 N–H and O–H groups in total. The maximum Gasteiger partial charge on any atom is 0.120 e. The van der Waals surface area contributed by atoms with Crippen LogP contribution < -0.4 is 5.32 Å². The van der Waals surface area contributed by atoms with Gasteiger partial charge < -0.3 is 15.5 Å². The zero-order valence-electron chi connectivity index (χ0n) is 13.5. The molecule has 2 atom stereocenters. The molecule has 0 amide bonds. The van der Waals surface area contributed by atoms with Crippen LogP contribution in [0.3, 0.4) is 0 Å². The van der Waals surface area contributed by atoms with E-state index >= 15 is 0 Å². The minimum absolute atomic E-state index is 0.149. The molecule has 3 heteroatoms. The molecule has 0 aliphatic heterocycles. The van der Waals surface area contributed by atoms with Crippen LogP contribution in [0, 0.1) is 13.8 Å². The largest absolute Gasteiger partial charge is 0.508 e. The fourth-order valence-corrected chi connectivity index (χ4v) is 2.52. The number of aryl methyl sites for hydroxylation is 2. The van der Waals surface area contributed by atoms with Crippen molar-refractivity contribution in [2.45, 2.75) is 45.9 Å². The third-order valence-electron chi connectivity index (χ3n) is 4.10. The Morgan fingerprint density at radius 3 is 2.36 bits per heavy atom. The summed E-state index contributed by atoms with van der Waals surface area (Å²) >= 11 is 0. The molecule has 0 fully saturated rings. The topological polar surface area (TPSA) is 52.5 Å². The molecule has 0 aromatic heterocycles. The normalized spacial score (nSPS) is 13.8. The monoisotopic (exact) mass is 299 g/mol. The Labute approximate surface area is 132 Å². The highest BCUT2D eigenvalue weighted by molar-refractivity contribution is 5.40. The summed E-state index contributed by atoms with van der Waals surface area (Å²) in [5, 5.41) is 23.6. The van der Waals surface area contributed by atoms with Crippen molar-refractivity contribution in [2.75, 3.05) is 0 Å². The second-order valence-corrected chi connectivity index (χ2v) is 6.01. The van der Waals surface area contributed by atoms with E-state index in [9.17, 15) is 10.2 Å². The number of hydrogen-bond acceptors (Lipinski definition) is 3. The summed E-state index contributed by atoms with van der Waals surface area (Å²) in [4.78, 5) is 0. The van der Waals surface area contributed by atoms with Gasteiger partial charge in [-0.05, 0) is 49.9 Å². The molecule has 0 saturated heterocycles. The zero-order chi connectivity index (χ0) is 16.1. The Morgan fingerprint density at radius 2 is 1.68 bits per heavy atom. The number of rotatable bonds is 6. The lowest BCUT2D eigenvalue weighted by Gasteiger charge is -2.19. The maximum absolute atomic E-state index is 10.2. The van der Waals surface area contributed by atoms with Crippen molar-refractivity contribution in [2.24, 2.45) is 0 Å². The fourth-order valence-electron chi connectivity index (χ4n) is 2.52. The Kier molecular flexibility index (Phi) is 5.58. The van der Waals surface area contributed by atoms with Crippen LogP contribution in [0.2, 0.25) is 0 Å². The van der Waals surface area contributed by atoms with Gasteiger partial charge in [-0.15, -0.1) is 0 Å². The van der Waals surface area contributed by atoms with Gasteiger partial charge >= 0.3 is 0 Å². The molecule has 2 aromatic carbocycles. The smallest absolute Gasteiger partial charge is 0.120 e. The van der Waals surface area contributed by atoms with Gasteiger partial charge in [0.15, 0.2) is 0 Å². The number of aliphatic hydroxyl groups is 1. The summed E-state index contributed by atoms with van der Waals surface area (Å²) in [6.45, 7) is 6.67. The first-order chi connectivity index (χ1) is 10.5. The number of benzene rings is 2. The van der Waals surface area contributed by atoms with E-state index in [0.717, 1.165) is 16.7 Å². The van der Waals surface area contributed by atoms with E-state index in [0.29, 0.717) is 18.7 Å². The molecule has 2 aromatic rings. The minimum Gasteiger partial charge on any atom is -0.508 e. The van der Waals surface area contributed by atoms with Crippen LogP contribution in [0.4, 0.5) is 0 Å². The van der Waals surface area contributed by atoms with Gasteiger partial charge in [-0.3, -0.25) is 0 Å². The van der Waals surface area contributed by atoms with Crippen molar-refractivity contribution < 1.29 is 10.2 Å². The molecule has 0 aliphatic rings. The Morgan fingerprint density at radius 1 is 1.05 bits per heavy atom. The molecule has 0 saturated carbocycles. The molecular formula is C19H25NO2. The van der Waals surface area contributed by atoms with E-state index in [1.807, 2.05) is 57.2 Å². The van der Waals surface area contributed by atoms with E-state index in [-0.39, 0.29) is 6.04 Å². The highest BCUT2D eigenvalue weighted by atomic mass is 16.3. The van der Waals surface area contributed by atoms with Crippen molar-refractivity contribution in [3.8, 4) is 5.75 Å². The van der Waals surface area contributed by atoms with Crippen molar-refractivity contribution in [3.63, 3.8) is 0 Å². The number of aliphatic hydroxyl groups excluding tert-OH is 1. The molecular weight excluding hydrogens is 274 g/mol. The van der Waals surface area contributed by atoms with Crippen molar-refractivity contribution >= 4 is 0 Å². The van der Waals surface area contributed by atoms with Crippen LogP contribution in [0.1, 0.15) is 41.7 Å². The first-order valence-electron chi connectivity index (χ1n) is 7.73. The quantitative estimate of drug-likeness (QED) is 0.764. The first kappa shape index (κ1) is 16.5. The van der Waals surface area contributed by atoms with Crippen molar-refractivity contribution in [1.82, 2.24) is 5.32 Å². The molecule has 0 heterocycles. The molecule has 118 valence electrons. The van der Waals surface area contributed by atoms with Gasteiger partial charge in [-0.25, -0.2) is 0 Å². The third-order valence-corrected chi connectivity index (χ3v) is 4.10. The van der Waals surface area contributed by atoms with Crippen molar-refractivity contribution in [1.29, 1.82) is 0 Å². The van der Waals surface area contributed by atoms with Crippen LogP contribution in [-0.2, 0) is 6.54 Å². The summed E-state index contributed by atoms with van der Waals surface area (Å²) in [7, 11) is 0. The fraction of sp³-hybridized carbons (Fsp3) is 0.368. The molecule has 0 bridgehead atoms.